The van der Waals surface area contributed by atoms with E-state index in [4.69, 9.17) is 14.9 Å². The number of aliphatic hydroxyl groups excluding tert-OH is 2. The van der Waals surface area contributed by atoms with Gasteiger partial charge in [-0.3, -0.25) is 13.9 Å². The number of aryl methyl sites for hydroxylation is 1. The zero-order chi connectivity index (χ0) is 25.1. The SMILES string of the molecule is CCc1nn(Cc2cccc(OCC(O)CO)n2)c2cccc(NC(=O)c3cnc4ccccn34)c12.Cl.Cl. The normalized spacial score (nSPS) is 11.6. The zero-order valence-electron chi connectivity index (χ0n) is 20.5. The van der Waals surface area contributed by atoms with E-state index in [1.54, 1.807) is 16.7 Å². The number of nitrogens with one attached hydrogen (secondary N) is 1. The Morgan fingerprint density at radius 2 is 1.92 bits per heavy atom. The van der Waals surface area contributed by atoms with Crippen LogP contribution in [0, 0.1) is 0 Å². The predicted octanol–water partition coefficient (Wildman–Crippen LogP) is 3.52. The van der Waals surface area contributed by atoms with E-state index in [9.17, 15) is 9.90 Å². The summed E-state index contributed by atoms with van der Waals surface area (Å²) in [5, 5.41) is 27.2. The fourth-order valence-corrected chi connectivity index (χ4v) is 4.08. The Balaban J connectivity index is 0.00000200. The van der Waals surface area contributed by atoms with Gasteiger partial charge in [-0.15, -0.1) is 24.8 Å². The maximum Gasteiger partial charge on any atom is 0.274 e. The Hall–Kier alpha value is -3.70. The maximum absolute atomic E-state index is 13.1. The van der Waals surface area contributed by atoms with Gasteiger partial charge in [0, 0.05) is 17.6 Å². The maximum atomic E-state index is 13.1. The van der Waals surface area contributed by atoms with Gasteiger partial charge in [0.25, 0.3) is 5.91 Å². The van der Waals surface area contributed by atoms with Gasteiger partial charge in [0.2, 0.25) is 5.88 Å². The number of pyridine rings is 2. The summed E-state index contributed by atoms with van der Waals surface area (Å²) in [4.78, 5) is 21.9. The van der Waals surface area contributed by atoms with Crippen LogP contribution in [0.1, 0.15) is 28.8 Å². The second-order valence-electron chi connectivity index (χ2n) is 8.30. The van der Waals surface area contributed by atoms with Gasteiger partial charge in [-0.05, 0) is 36.8 Å². The van der Waals surface area contributed by atoms with Gasteiger partial charge in [-0.25, -0.2) is 9.97 Å². The van der Waals surface area contributed by atoms with Crippen molar-refractivity contribution in [2.24, 2.45) is 0 Å². The van der Waals surface area contributed by atoms with Crippen molar-refractivity contribution >= 4 is 53.0 Å². The highest BCUT2D eigenvalue weighted by molar-refractivity contribution is 6.08. The number of rotatable bonds is 9. The van der Waals surface area contributed by atoms with Crippen LogP contribution in [0.4, 0.5) is 5.69 Å². The molecular weight excluding hydrogens is 531 g/mol. The van der Waals surface area contributed by atoms with Gasteiger partial charge < -0.3 is 20.3 Å². The number of nitrogens with zero attached hydrogens (tertiary/aromatic N) is 5. The minimum Gasteiger partial charge on any atom is -0.475 e. The number of imidazole rings is 1. The molecule has 38 heavy (non-hydrogen) atoms. The summed E-state index contributed by atoms with van der Waals surface area (Å²) >= 11 is 0. The molecule has 0 saturated heterocycles. The summed E-state index contributed by atoms with van der Waals surface area (Å²) in [7, 11) is 0. The molecule has 12 heteroatoms. The fourth-order valence-electron chi connectivity index (χ4n) is 4.08. The highest BCUT2D eigenvalue weighted by Gasteiger charge is 2.18. The quantitative estimate of drug-likeness (QED) is 0.252. The van der Waals surface area contributed by atoms with Crippen molar-refractivity contribution in [1.29, 1.82) is 0 Å². The number of ether oxygens (including phenoxy) is 1. The van der Waals surface area contributed by atoms with E-state index in [1.807, 2.05) is 66.3 Å². The second kappa shape index (κ2) is 12.7. The molecule has 0 bridgehead atoms. The molecule has 0 radical (unpaired) electrons. The predicted molar refractivity (Wildman–Crippen MR) is 149 cm³/mol. The Morgan fingerprint density at radius 1 is 1.11 bits per heavy atom. The summed E-state index contributed by atoms with van der Waals surface area (Å²) in [5.41, 5.74) is 4.27. The molecule has 0 aliphatic heterocycles. The largest absolute Gasteiger partial charge is 0.475 e. The number of hydrogen-bond donors (Lipinski definition) is 3. The highest BCUT2D eigenvalue weighted by Crippen LogP contribution is 2.28. The standard InChI is InChI=1S/C26H26N6O4.2ClH/c1-2-19-25-20(29-26(35)22-13-27-23-10-3-4-12-31(22)23)8-6-9-21(25)32(30-19)14-17-7-5-11-24(28-17)36-16-18(34)15-33;;/h3-13,18,33-34H,2,14-16H2,1H3,(H,29,35);2*1H. The zero-order valence-corrected chi connectivity index (χ0v) is 22.2. The van der Waals surface area contributed by atoms with Crippen LogP contribution in [0.3, 0.4) is 0 Å². The molecule has 1 unspecified atom stereocenters. The van der Waals surface area contributed by atoms with E-state index in [-0.39, 0.29) is 43.9 Å². The third kappa shape index (κ3) is 5.89. The Kier molecular flexibility index (Phi) is 9.65. The lowest BCUT2D eigenvalue weighted by atomic mass is 10.1. The van der Waals surface area contributed by atoms with Crippen LogP contribution in [-0.4, -0.2) is 59.6 Å². The van der Waals surface area contributed by atoms with E-state index in [0.29, 0.717) is 35.9 Å². The fraction of sp³-hybridized carbons (Fsp3) is 0.231. The van der Waals surface area contributed by atoms with Crippen molar-refractivity contribution in [1.82, 2.24) is 24.1 Å². The number of carbonyl (C=O) groups excluding carboxylic acids is 1. The molecule has 4 heterocycles. The van der Waals surface area contributed by atoms with Crippen LogP contribution in [0.25, 0.3) is 16.6 Å². The number of amides is 1. The lowest BCUT2D eigenvalue weighted by molar-refractivity contribution is 0.0520. The molecule has 10 nitrogen and oxygen atoms in total. The number of aromatic nitrogens is 5. The Labute approximate surface area is 231 Å². The number of halogens is 2. The molecule has 200 valence electrons. The molecular formula is C26H28Cl2N6O4. The summed E-state index contributed by atoms with van der Waals surface area (Å²) in [6.07, 6.45) is 3.09. The molecule has 0 spiro atoms. The Bertz CT molecular complexity index is 1540. The number of fused-ring (bicyclic) bond motifs is 2. The molecule has 4 aromatic heterocycles. The average molecular weight is 559 g/mol. The first-order valence-corrected chi connectivity index (χ1v) is 11.7. The molecule has 0 aliphatic carbocycles. The van der Waals surface area contributed by atoms with Crippen molar-refractivity contribution in [3.05, 3.63) is 84.1 Å². The van der Waals surface area contributed by atoms with Crippen molar-refractivity contribution in [3.8, 4) is 5.88 Å². The third-order valence-electron chi connectivity index (χ3n) is 5.81. The van der Waals surface area contributed by atoms with Crippen molar-refractivity contribution in [2.45, 2.75) is 26.0 Å². The molecule has 3 N–H and O–H groups in total. The summed E-state index contributed by atoms with van der Waals surface area (Å²) in [6.45, 7) is 1.98. The van der Waals surface area contributed by atoms with Gasteiger partial charge in [-0.2, -0.15) is 5.10 Å². The molecule has 1 amide bonds. The van der Waals surface area contributed by atoms with Crippen LogP contribution in [0.5, 0.6) is 5.88 Å². The van der Waals surface area contributed by atoms with Gasteiger partial charge in [0.05, 0.1) is 41.9 Å². The summed E-state index contributed by atoms with van der Waals surface area (Å²) in [5.74, 6) is 0.0979. The summed E-state index contributed by atoms with van der Waals surface area (Å²) < 4.78 is 9.08. The molecule has 0 fully saturated rings. The molecule has 1 atom stereocenters. The van der Waals surface area contributed by atoms with Crippen LogP contribution in [0.2, 0.25) is 0 Å². The topological polar surface area (TPSA) is 127 Å². The Morgan fingerprint density at radius 3 is 2.71 bits per heavy atom. The van der Waals surface area contributed by atoms with E-state index in [1.165, 1.54) is 0 Å². The van der Waals surface area contributed by atoms with Gasteiger partial charge in [0.1, 0.15) is 24.1 Å². The van der Waals surface area contributed by atoms with Gasteiger partial charge >= 0.3 is 0 Å². The number of carbonyl (C=O) groups is 1. The minimum absolute atomic E-state index is 0. The lowest BCUT2D eigenvalue weighted by Crippen LogP contribution is -2.21. The van der Waals surface area contributed by atoms with Gasteiger partial charge in [0.15, 0.2) is 0 Å². The molecule has 1 aromatic carbocycles. The highest BCUT2D eigenvalue weighted by atomic mass is 35.5. The van der Waals surface area contributed by atoms with Crippen LogP contribution in [0.15, 0.2) is 67.0 Å². The molecule has 5 rings (SSSR count). The third-order valence-corrected chi connectivity index (χ3v) is 5.81. The number of aliphatic hydroxyl groups is 2. The second-order valence-corrected chi connectivity index (χ2v) is 8.30. The molecule has 0 aliphatic rings. The minimum atomic E-state index is -0.966. The smallest absolute Gasteiger partial charge is 0.274 e. The van der Waals surface area contributed by atoms with E-state index in [0.717, 1.165) is 22.3 Å². The van der Waals surface area contributed by atoms with Crippen LogP contribution in [-0.2, 0) is 13.0 Å². The first-order chi connectivity index (χ1) is 17.6. The van der Waals surface area contributed by atoms with E-state index in [2.05, 4.69) is 15.3 Å². The van der Waals surface area contributed by atoms with Crippen molar-refractivity contribution in [2.75, 3.05) is 18.5 Å². The van der Waals surface area contributed by atoms with E-state index >= 15 is 0 Å². The van der Waals surface area contributed by atoms with Gasteiger partial charge in [-0.1, -0.05) is 25.1 Å². The van der Waals surface area contributed by atoms with Crippen LogP contribution < -0.4 is 10.1 Å². The molecule has 5 aromatic rings. The van der Waals surface area contributed by atoms with Crippen molar-refractivity contribution in [3.63, 3.8) is 0 Å². The van der Waals surface area contributed by atoms with E-state index < -0.39 is 6.10 Å². The number of benzene rings is 1. The van der Waals surface area contributed by atoms with Crippen molar-refractivity contribution < 1.29 is 19.7 Å². The first kappa shape index (κ1) is 28.9. The number of anilines is 1. The molecule has 0 saturated carbocycles. The first-order valence-electron chi connectivity index (χ1n) is 11.7. The monoisotopic (exact) mass is 558 g/mol. The number of hydrogen-bond acceptors (Lipinski definition) is 7. The van der Waals surface area contributed by atoms with Crippen LogP contribution >= 0.6 is 24.8 Å². The lowest BCUT2D eigenvalue weighted by Gasteiger charge is -2.10. The summed E-state index contributed by atoms with van der Waals surface area (Å²) in [6, 6.07) is 16.7. The average Bonchev–Trinajstić information content (AvgIpc) is 3.50.